The summed E-state index contributed by atoms with van der Waals surface area (Å²) in [6.07, 6.45) is 1.38. The van der Waals surface area contributed by atoms with Gasteiger partial charge in [0.25, 0.3) is 0 Å². The lowest BCUT2D eigenvalue weighted by molar-refractivity contribution is -0.0526. The molecule has 0 saturated carbocycles. The number of anilines is 1. The lowest BCUT2D eigenvalue weighted by Crippen LogP contribution is -2.36. The highest BCUT2D eigenvalue weighted by Gasteiger charge is 2.19. The third-order valence-electron chi connectivity index (χ3n) is 4.72. The van der Waals surface area contributed by atoms with Crippen LogP contribution in [0.5, 0.6) is 5.88 Å². The molecule has 1 atom stereocenters. The topological polar surface area (TPSA) is 91.3 Å². The number of alkyl halides is 2. The smallest absolute Gasteiger partial charge is 0.388 e. The number of benzene rings is 1. The van der Waals surface area contributed by atoms with Crippen molar-refractivity contribution in [3.05, 3.63) is 36.4 Å². The molecule has 0 radical (unpaired) electrons. The summed E-state index contributed by atoms with van der Waals surface area (Å²) in [7, 11) is -2.91. The molecule has 154 valence electrons. The first-order valence-electron chi connectivity index (χ1n) is 8.97. The molecule has 1 aliphatic heterocycles. The molecule has 3 heterocycles. The summed E-state index contributed by atoms with van der Waals surface area (Å²) in [5.74, 6) is -0.175. The Morgan fingerprint density at radius 1 is 1.24 bits per heavy atom. The molecular weight excluding hydrogens is 402 g/mol. The lowest BCUT2D eigenvalue weighted by Gasteiger charge is -2.30. The van der Waals surface area contributed by atoms with Crippen molar-refractivity contribution >= 4 is 26.4 Å². The second-order valence-corrected chi connectivity index (χ2v) is 8.93. The monoisotopic (exact) mass is 422 g/mol. The van der Waals surface area contributed by atoms with Gasteiger partial charge in [0.1, 0.15) is 5.65 Å². The average molecular weight is 422 g/mol. The summed E-state index contributed by atoms with van der Waals surface area (Å²) in [5, 5.41) is 0.725. The number of nitrogens with zero attached hydrogens (tertiary/aromatic N) is 2. The highest BCUT2D eigenvalue weighted by molar-refractivity contribution is 7.91. The van der Waals surface area contributed by atoms with Crippen molar-refractivity contribution in [3.63, 3.8) is 0 Å². The van der Waals surface area contributed by atoms with E-state index in [0.717, 1.165) is 16.6 Å². The number of hydrogen-bond acceptors (Lipinski definition) is 6. The van der Waals surface area contributed by atoms with Crippen LogP contribution in [0.1, 0.15) is 0 Å². The maximum atomic E-state index is 12.5. The summed E-state index contributed by atoms with van der Waals surface area (Å²) >= 11 is 0. The fraction of sp³-hybridized carbons (Fsp3) is 0.316. The Kier molecular flexibility index (Phi) is 5.13. The zero-order valence-corrected chi connectivity index (χ0v) is 16.5. The van der Waals surface area contributed by atoms with Gasteiger partial charge in [0.2, 0.25) is 5.88 Å². The van der Waals surface area contributed by atoms with Gasteiger partial charge in [-0.05, 0) is 30.3 Å². The van der Waals surface area contributed by atoms with Crippen molar-refractivity contribution in [2.75, 3.05) is 37.5 Å². The van der Waals surface area contributed by atoms with Crippen molar-refractivity contribution in [3.8, 4) is 17.1 Å². The second-order valence-electron chi connectivity index (χ2n) is 6.77. The second kappa shape index (κ2) is 7.60. The van der Waals surface area contributed by atoms with Crippen LogP contribution >= 0.6 is 0 Å². The van der Waals surface area contributed by atoms with E-state index in [9.17, 15) is 13.0 Å². The summed E-state index contributed by atoms with van der Waals surface area (Å²) in [6.45, 7) is -0.327. The number of rotatable bonds is 5. The summed E-state index contributed by atoms with van der Waals surface area (Å²) in [5.41, 5.74) is 2.77. The van der Waals surface area contributed by atoms with Crippen LogP contribution in [0, 0.1) is 4.78 Å². The molecule has 2 aromatic heterocycles. The summed E-state index contributed by atoms with van der Waals surface area (Å²) in [6, 6.07) is 10.2. The first-order chi connectivity index (χ1) is 13.8. The number of H-pyrrole nitrogens is 1. The van der Waals surface area contributed by atoms with E-state index in [1.54, 1.807) is 18.2 Å². The Morgan fingerprint density at radius 2 is 2.00 bits per heavy atom. The van der Waals surface area contributed by atoms with Gasteiger partial charge in [-0.2, -0.15) is 13.8 Å². The van der Waals surface area contributed by atoms with E-state index >= 15 is 0 Å². The maximum Gasteiger partial charge on any atom is 0.388 e. The third-order valence-corrected chi connectivity index (χ3v) is 5.88. The van der Waals surface area contributed by atoms with Crippen LogP contribution in [0.3, 0.4) is 0 Å². The van der Waals surface area contributed by atoms with E-state index < -0.39 is 16.3 Å². The van der Waals surface area contributed by atoms with Crippen molar-refractivity contribution < 1.29 is 22.5 Å². The van der Waals surface area contributed by atoms with Gasteiger partial charge in [-0.15, -0.1) is 0 Å². The Balaban J connectivity index is 1.82. The zero-order valence-electron chi connectivity index (χ0n) is 15.7. The van der Waals surface area contributed by atoms with Gasteiger partial charge in [0, 0.05) is 52.6 Å². The molecule has 0 amide bonds. The number of ether oxygens (including phenoxy) is 2. The van der Waals surface area contributed by atoms with Crippen molar-refractivity contribution in [2.45, 2.75) is 11.5 Å². The van der Waals surface area contributed by atoms with Gasteiger partial charge < -0.3 is 19.4 Å². The number of hydrogen-bond donors (Lipinski definition) is 2. The molecule has 7 nitrogen and oxygen atoms in total. The first-order valence-corrected chi connectivity index (χ1v) is 10.9. The number of aromatic nitrogens is 2. The van der Waals surface area contributed by atoms with Crippen LogP contribution in [0.25, 0.3) is 22.3 Å². The normalized spacial score (nSPS) is 16.9. The Hall–Kier alpha value is -2.72. The molecule has 4 rings (SSSR count). The van der Waals surface area contributed by atoms with Crippen molar-refractivity contribution in [1.82, 2.24) is 9.97 Å². The summed E-state index contributed by atoms with van der Waals surface area (Å²) in [4.78, 5) is 9.80. The number of aromatic amines is 1. The maximum absolute atomic E-state index is 12.5. The molecule has 10 heteroatoms. The molecular formula is C19H20F2N4O3S. The predicted molar refractivity (Wildman–Crippen MR) is 106 cm³/mol. The number of nitrogens with one attached hydrogen (secondary N) is 2. The SMILES string of the molecule is CS(=N)(=O)c1ccc(N2CCOCC2)c(-c2cc3ccc(OC(F)F)nc3[nH]2)c1. The van der Waals surface area contributed by atoms with Crippen LogP contribution in [-0.4, -0.2) is 53.3 Å². The van der Waals surface area contributed by atoms with Crippen molar-refractivity contribution in [1.29, 1.82) is 4.78 Å². The van der Waals surface area contributed by atoms with Gasteiger partial charge in [-0.25, -0.2) is 8.99 Å². The van der Waals surface area contributed by atoms with Gasteiger partial charge in [-0.3, -0.25) is 0 Å². The highest BCUT2D eigenvalue weighted by atomic mass is 32.2. The fourth-order valence-electron chi connectivity index (χ4n) is 3.34. The largest absolute Gasteiger partial charge is 0.417 e. The first kappa shape index (κ1) is 19.6. The molecule has 1 aromatic carbocycles. The van der Waals surface area contributed by atoms with E-state index in [2.05, 4.69) is 19.6 Å². The van der Waals surface area contributed by atoms with Crippen LogP contribution in [0.4, 0.5) is 14.5 Å². The number of morpholine rings is 1. The van der Waals surface area contributed by atoms with Gasteiger partial charge >= 0.3 is 6.61 Å². The lowest BCUT2D eigenvalue weighted by atomic mass is 10.1. The van der Waals surface area contributed by atoms with Crippen LogP contribution in [0.15, 0.2) is 41.3 Å². The van der Waals surface area contributed by atoms with Gasteiger partial charge in [-0.1, -0.05) is 0 Å². The minimum absolute atomic E-state index is 0.175. The molecule has 2 N–H and O–H groups in total. The van der Waals surface area contributed by atoms with E-state index in [1.807, 2.05) is 12.1 Å². The molecule has 1 unspecified atom stereocenters. The number of halogens is 2. The highest BCUT2D eigenvalue weighted by Crippen LogP contribution is 2.35. The minimum atomic E-state index is -2.95. The summed E-state index contributed by atoms with van der Waals surface area (Å²) < 4.78 is 55.0. The quantitative estimate of drug-likeness (QED) is 0.654. The fourth-order valence-corrected chi connectivity index (χ4v) is 4.01. The minimum Gasteiger partial charge on any atom is -0.417 e. The average Bonchev–Trinajstić information content (AvgIpc) is 3.10. The molecule has 0 aliphatic carbocycles. The Morgan fingerprint density at radius 3 is 2.69 bits per heavy atom. The molecule has 3 aromatic rings. The Bertz CT molecular complexity index is 1140. The molecule has 1 fully saturated rings. The molecule has 29 heavy (non-hydrogen) atoms. The molecule has 0 bridgehead atoms. The van der Waals surface area contributed by atoms with Crippen LogP contribution in [-0.2, 0) is 14.5 Å². The third kappa shape index (κ3) is 4.18. The van der Waals surface area contributed by atoms with E-state index in [4.69, 9.17) is 9.52 Å². The van der Waals surface area contributed by atoms with Gasteiger partial charge in [0.15, 0.2) is 0 Å². The molecule has 0 spiro atoms. The van der Waals surface area contributed by atoms with E-state index in [-0.39, 0.29) is 5.88 Å². The number of pyridine rings is 1. The van der Waals surface area contributed by atoms with E-state index in [0.29, 0.717) is 42.5 Å². The predicted octanol–water partition coefficient (Wildman–Crippen LogP) is 3.70. The van der Waals surface area contributed by atoms with Crippen LogP contribution in [0.2, 0.25) is 0 Å². The number of fused-ring (bicyclic) bond motifs is 1. The van der Waals surface area contributed by atoms with Gasteiger partial charge in [0.05, 0.1) is 22.9 Å². The zero-order chi connectivity index (χ0) is 20.6. The van der Waals surface area contributed by atoms with Crippen LogP contribution < -0.4 is 9.64 Å². The van der Waals surface area contributed by atoms with E-state index in [1.165, 1.54) is 12.3 Å². The standard InChI is InChI=1S/C19H20F2N4O3S/c1-29(22,26)13-3-4-16(25-6-8-27-9-7-25)14(11-13)15-10-12-2-5-17(28-19(20)21)24-18(12)23-15/h2-5,10-11,19,22H,6-9H2,1H3,(H,23,24). The molecule has 1 aliphatic rings. The van der Waals surface area contributed by atoms with Crippen molar-refractivity contribution in [2.24, 2.45) is 0 Å². The molecule has 1 saturated heterocycles. The Labute approximate surface area is 166 Å².